The van der Waals surface area contributed by atoms with Crippen LogP contribution in [0.2, 0.25) is 0 Å². The molecule has 9 nitrogen and oxygen atoms in total. The van der Waals surface area contributed by atoms with Crippen LogP contribution >= 0.6 is 24.0 Å². The highest BCUT2D eigenvalue weighted by Gasteiger charge is 2.33. The zero-order valence-electron chi connectivity index (χ0n) is 21.1. The minimum absolute atomic E-state index is 0.240. The first kappa shape index (κ1) is 25.9. The second kappa shape index (κ2) is 11.0. The highest BCUT2D eigenvalue weighted by Crippen LogP contribution is 2.34. The highest BCUT2D eigenvalue weighted by molar-refractivity contribution is 8.26. The third-order valence-corrected chi connectivity index (χ3v) is 7.88. The molecule has 3 aromatic rings. The van der Waals surface area contributed by atoms with Crippen LogP contribution in [-0.2, 0) is 16.1 Å². The van der Waals surface area contributed by atoms with Gasteiger partial charge in [0.05, 0.1) is 23.6 Å². The van der Waals surface area contributed by atoms with Crippen LogP contribution < -0.4 is 10.5 Å². The third kappa shape index (κ3) is 5.03. The van der Waals surface area contributed by atoms with Gasteiger partial charge < -0.3 is 14.5 Å². The van der Waals surface area contributed by atoms with E-state index in [4.69, 9.17) is 21.9 Å². The number of aryl methyl sites for hydroxylation is 1. The number of carbonyl (C=O) groups is 2. The van der Waals surface area contributed by atoms with E-state index >= 15 is 0 Å². The molecule has 0 saturated carbocycles. The average Bonchev–Trinajstić information content (AvgIpc) is 3.18. The molecule has 0 spiro atoms. The van der Waals surface area contributed by atoms with Crippen molar-refractivity contribution in [2.45, 2.75) is 20.4 Å². The molecule has 0 unspecified atom stereocenters. The van der Waals surface area contributed by atoms with Crippen LogP contribution in [0.3, 0.4) is 0 Å². The predicted molar refractivity (Wildman–Crippen MR) is 152 cm³/mol. The summed E-state index contributed by atoms with van der Waals surface area (Å²) in [5.74, 6) is 0.247. The number of amides is 2. The Balaban J connectivity index is 1.52. The molecule has 2 aliphatic heterocycles. The molecule has 2 amide bonds. The monoisotopic (exact) mass is 549 g/mol. The Bertz CT molecular complexity index is 1500. The van der Waals surface area contributed by atoms with E-state index in [-0.39, 0.29) is 17.6 Å². The van der Waals surface area contributed by atoms with Crippen molar-refractivity contribution in [2.24, 2.45) is 0 Å². The summed E-state index contributed by atoms with van der Waals surface area (Å²) < 4.78 is 7.08. The molecule has 0 atom stereocenters. The number of hydrogen-bond donors (Lipinski definition) is 0. The molecule has 1 aromatic carbocycles. The zero-order valence-corrected chi connectivity index (χ0v) is 22.8. The van der Waals surface area contributed by atoms with Gasteiger partial charge in [-0.05, 0) is 37.1 Å². The summed E-state index contributed by atoms with van der Waals surface area (Å²) in [6.07, 6.45) is 2.94. The molecule has 196 valence electrons. The number of aromatic nitrogens is 2. The molecular formula is C27H27N5O4S2. The number of pyridine rings is 1. The Labute approximate surface area is 229 Å². The summed E-state index contributed by atoms with van der Waals surface area (Å²) in [7, 11) is 0. The first-order valence-electron chi connectivity index (χ1n) is 12.3. The largest absolute Gasteiger partial charge is 0.450 e. The molecule has 38 heavy (non-hydrogen) atoms. The number of ether oxygens (including phenoxy) is 1. The molecule has 0 N–H and O–H groups in total. The Morgan fingerprint density at radius 2 is 1.84 bits per heavy atom. The number of rotatable bonds is 5. The van der Waals surface area contributed by atoms with E-state index in [0.717, 1.165) is 11.1 Å². The molecule has 11 heteroatoms. The molecule has 0 radical (unpaired) electrons. The van der Waals surface area contributed by atoms with E-state index in [9.17, 15) is 14.4 Å². The fraction of sp³-hybridized carbons (Fsp3) is 0.296. The SMILES string of the molecule is CCOC(=O)N1CCN(c2nc3c(C)cccn3c(=O)c2/C=C2/SC(=S)N(Cc3ccccc3)C2=O)CC1. The minimum Gasteiger partial charge on any atom is -0.450 e. The van der Waals surface area contributed by atoms with Crippen molar-refractivity contribution < 1.29 is 14.3 Å². The maximum atomic E-state index is 13.8. The number of benzene rings is 1. The number of thioether (sulfide) groups is 1. The molecule has 5 rings (SSSR count). The Morgan fingerprint density at radius 3 is 2.55 bits per heavy atom. The lowest BCUT2D eigenvalue weighted by Gasteiger charge is -2.35. The van der Waals surface area contributed by atoms with Crippen LogP contribution in [0.4, 0.5) is 10.6 Å². The van der Waals surface area contributed by atoms with Gasteiger partial charge in [0, 0.05) is 32.4 Å². The summed E-state index contributed by atoms with van der Waals surface area (Å²) in [5, 5.41) is 0. The maximum Gasteiger partial charge on any atom is 0.409 e. The van der Waals surface area contributed by atoms with Gasteiger partial charge in [-0.3, -0.25) is 18.9 Å². The second-order valence-electron chi connectivity index (χ2n) is 8.97. The van der Waals surface area contributed by atoms with Gasteiger partial charge in [-0.1, -0.05) is 60.4 Å². The van der Waals surface area contributed by atoms with Gasteiger partial charge in [-0.25, -0.2) is 9.78 Å². The Hall–Kier alpha value is -3.70. The summed E-state index contributed by atoms with van der Waals surface area (Å²) in [5.41, 5.74) is 2.42. The first-order valence-corrected chi connectivity index (χ1v) is 13.6. The number of anilines is 1. The van der Waals surface area contributed by atoms with Crippen LogP contribution in [0.15, 0.2) is 58.4 Å². The predicted octanol–water partition coefficient (Wildman–Crippen LogP) is 3.68. The first-order chi connectivity index (χ1) is 18.4. The van der Waals surface area contributed by atoms with Crippen molar-refractivity contribution in [1.29, 1.82) is 0 Å². The second-order valence-corrected chi connectivity index (χ2v) is 10.6. The molecule has 0 aliphatic carbocycles. The molecule has 2 aliphatic rings. The average molecular weight is 550 g/mol. The van der Waals surface area contributed by atoms with Crippen molar-refractivity contribution in [3.05, 3.63) is 80.6 Å². The lowest BCUT2D eigenvalue weighted by atomic mass is 10.2. The number of hydrogen-bond acceptors (Lipinski definition) is 8. The summed E-state index contributed by atoms with van der Waals surface area (Å²) in [6, 6.07) is 13.3. The van der Waals surface area contributed by atoms with Crippen LogP contribution in [0.1, 0.15) is 23.6 Å². The third-order valence-electron chi connectivity index (χ3n) is 6.50. The molecule has 2 fully saturated rings. The zero-order chi connectivity index (χ0) is 26.8. The van der Waals surface area contributed by atoms with Gasteiger partial charge in [0.2, 0.25) is 0 Å². The van der Waals surface area contributed by atoms with Crippen molar-refractivity contribution in [3.63, 3.8) is 0 Å². The number of fused-ring (bicyclic) bond motifs is 1. The van der Waals surface area contributed by atoms with Crippen LogP contribution in [0, 0.1) is 6.92 Å². The standard InChI is InChI=1S/C27H27N5O4S2/c1-3-36-26(35)30-14-12-29(13-15-30)23-20(24(33)31-11-7-8-18(2)22(31)28-23)16-21-25(34)32(27(37)38-21)17-19-9-5-4-6-10-19/h4-11,16H,3,12-15,17H2,1-2H3/b21-16+. The maximum absolute atomic E-state index is 13.8. The fourth-order valence-electron chi connectivity index (χ4n) is 4.52. The van der Waals surface area contributed by atoms with E-state index in [0.29, 0.717) is 65.6 Å². The highest BCUT2D eigenvalue weighted by atomic mass is 32.2. The molecule has 0 bridgehead atoms. The Kier molecular flexibility index (Phi) is 7.48. The van der Waals surface area contributed by atoms with E-state index in [1.807, 2.05) is 48.2 Å². The lowest BCUT2D eigenvalue weighted by molar-refractivity contribution is -0.122. The number of piperazine rings is 1. The van der Waals surface area contributed by atoms with Crippen LogP contribution in [0.5, 0.6) is 0 Å². The van der Waals surface area contributed by atoms with Crippen LogP contribution in [0.25, 0.3) is 11.7 Å². The van der Waals surface area contributed by atoms with E-state index in [2.05, 4.69) is 0 Å². The smallest absolute Gasteiger partial charge is 0.409 e. The lowest BCUT2D eigenvalue weighted by Crippen LogP contribution is -2.49. The summed E-state index contributed by atoms with van der Waals surface area (Å²) in [4.78, 5) is 49.8. The van der Waals surface area contributed by atoms with E-state index < -0.39 is 0 Å². The fourth-order valence-corrected chi connectivity index (χ4v) is 5.75. The molecular weight excluding hydrogens is 522 g/mol. The number of carbonyl (C=O) groups excluding carboxylic acids is 2. The molecule has 2 saturated heterocycles. The van der Waals surface area contributed by atoms with E-state index in [1.54, 1.807) is 35.1 Å². The Morgan fingerprint density at radius 1 is 1.11 bits per heavy atom. The van der Waals surface area contributed by atoms with Gasteiger partial charge in [0.25, 0.3) is 11.5 Å². The summed E-state index contributed by atoms with van der Waals surface area (Å²) >= 11 is 6.71. The van der Waals surface area contributed by atoms with Crippen molar-refractivity contribution >= 4 is 57.8 Å². The van der Waals surface area contributed by atoms with Gasteiger partial charge >= 0.3 is 6.09 Å². The van der Waals surface area contributed by atoms with Crippen molar-refractivity contribution in [1.82, 2.24) is 19.2 Å². The minimum atomic E-state index is -0.350. The van der Waals surface area contributed by atoms with Crippen molar-refractivity contribution in [2.75, 3.05) is 37.7 Å². The topological polar surface area (TPSA) is 87.5 Å². The number of thiocarbonyl (C=S) groups is 1. The van der Waals surface area contributed by atoms with E-state index in [1.165, 1.54) is 16.2 Å². The van der Waals surface area contributed by atoms with Gasteiger partial charge in [0.1, 0.15) is 15.8 Å². The van der Waals surface area contributed by atoms with Gasteiger partial charge in [0.15, 0.2) is 0 Å². The molecule has 4 heterocycles. The van der Waals surface area contributed by atoms with Crippen LogP contribution in [-0.4, -0.2) is 68.3 Å². The van der Waals surface area contributed by atoms with Crippen molar-refractivity contribution in [3.8, 4) is 0 Å². The molecule has 2 aromatic heterocycles. The normalized spacial score (nSPS) is 17.1. The van der Waals surface area contributed by atoms with Gasteiger partial charge in [-0.2, -0.15) is 0 Å². The summed E-state index contributed by atoms with van der Waals surface area (Å²) in [6.45, 7) is 6.18. The quantitative estimate of drug-likeness (QED) is 0.352. The number of nitrogens with zero attached hydrogens (tertiary/aromatic N) is 5. The van der Waals surface area contributed by atoms with Gasteiger partial charge in [-0.15, -0.1) is 0 Å².